The molecular weight excluding hydrogens is 252 g/mol. The third-order valence-corrected chi connectivity index (χ3v) is 4.04. The van der Waals surface area contributed by atoms with E-state index in [4.69, 9.17) is 5.11 Å². The average molecular weight is 270 g/mol. The number of carbonyl (C=O) groups is 2. The van der Waals surface area contributed by atoms with E-state index in [-0.39, 0.29) is 17.4 Å². The highest BCUT2D eigenvalue weighted by atomic mass is 32.1. The summed E-state index contributed by atoms with van der Waals surface area (Å²) in [7, 11) is 1.61. The van der Waals surface area contributed by atoms with Gasteiger partial charge in [-0.3, -0.25) is 4.79 Å². The summed E-state index contributed by atoms with van der Waals surface area (Å²) >= 11 is 1.05. The number of rotatable bonds is 5. The Morgan fingerprint density at radius 3 is 2.39 bits per heavy atom. The van der Waals surface area contributed by atoms with E-state index in [2.05, 4.69) is 4.37 Å². The van der Waals surface area contributed by atoms with Gasteiger partial charge in [0.1, 0.15) is 10.6 Å². The first-order valence-electron chi connectivity index (χ1n) is 5.91. The average Bonchev–Trinajstić information content (AvgIpc) is 2.71. The van der Waals surface area contributed by atoms with E-state index in [1.165, 1.54) is 4.90 Å². The highest BCUT2D eigenvalue weighted by molar-refractivity contribution is 7.11. The fraction of sp³-hybridized carbons (Fsp3) is 0.583. The molecule has 0 aliphatic rings. The topological polar surface area (TPSA) is 70.5 Å². The zero-order valence-corrected chi connectivity index (χ0v) is 11.9. The van der Waals surface area contributed by atoms with Crippen LogP contribution >= 0.6 is 11.5 Å². The van der Waals surface area contributed by atoms with Gasteiger partial charge in [-0.15, -0.1) is 0 Å². The van der Waals surface area contributed by atoms with Gasteiger partial charge >= 0.3 is 5.97 Å². The fourth-order valence-corrected chi connectivity index (χ4v) is 2.70. The van der Waals surface area contributed by atoms with Gasteiger partial charge in [0.2, 0.25) is 5.91 Å². The van der Waals surface area contributed by atoms with Gasteiger partial charge in [-0.1, -0.05) is 13.8 Å². The first-order chi connectivity index (χ1) is 8.43. The number of aromatic carboxylic acids is 1. The van der Waals surface area contributed by atoms with Crippen LogP contribution in [0.15, 0.2) is 0 Å². The van der Waals surface area contributed by atoms with Gasteiger partial charge in [-0.05, 0) is 31.3 Å². The van der Waals surface area contributed by atoms with Gasteiger partial charge in [0.15, 0.2) is 0 Å². The van der Waals surface area contributed by atoms with Crippen LogP contribution in [0.4, 0.5) is 5.00 Å². The van der Waals surface area contributed by atoms with Crippen LogP contribution in [-0.4, -0.2) is 28.4 Å². The van der Waals surface area contributed by atoms with Crippen LogP contribution in [0.25, 0.3) is 0 Å². The molecule has 1 N–H and O–H groups in total. The van der Waals surface area contributed by atoms with E-state index in [1.807, 2.05) is 13.8 Å². The molecule has 0 aliphatic carbocycles. The van der Waals surface area contributed by atoms with Gasteiger partial charge in [0.05, 0.1) is 5.69 Å². The Bertz CT molecular complexity index is 452. The van der Waals surface area contributed by atoms with E-state index in [9.17, 15) is 9.59 Å². The van der Waals surface area contributed by atoms with E-state index in [0.717, 1.165) is 24.4 Å². The maximum absolute atomic E-state index is 12.2. The van der Waals surface area contributed by atoms with E-state index >= 15 is 0 Å². The van der Waals surface area contributed by atoms with Crippen molar-refractivity contribution in [1.82, 2.24) is 4.37 Å². The van der Waals surface area contributed by atoms with Gasteiger partial charge in [-0.25, -0.2) is 4.79 Å². The predicted octanol–water partition coefficient (Wildman–Crippen LogP) is 2.55. The molecule has 100 valence electrons. The van der Waals surface area contributed by atoms with Gasteiger partial charge in [0, 0.05) is 13.0 Å². The second-order valence-corrected chi connectivity index (χ2v) is 4.92. The van der Waals surface area contributed by atoms with Crippen molar-refractivity contribution in [3.05, 3.63) is 11.3 Å². The van der Waals surface area contributed by atoms with Crippen molar-refractivity contribution in [2.24, 2.45) is 5.92 Å². The minimum atomic E-state index is -1.04. The third kappa shape index (κ3) is 2.69. The molecule has 0 bridgehead atoms. The molecule has 0 atom stereocenters. The lowest BCUT2D eigenvalue weighted by Gasteiger charge is -2.21. The number of amides is 1. The van der Waals surface area contributed by atoms with Crippen molar-refractivity contribution >= 4 is 28.4 Å². The second-order valence-electron chi connectivity index (χ2n) is 4.16. The Labute approximate surface area is 111 Å². The van der Waals surface area contributed by atoms with Crippen molar-refractivity contribution in [3.63, 3.8) is 0 Å². The number of aryl methyl sites for hydroxylation is 1. The Hall–Kier alpha value is -1.43. The Morgan fingerprint density at radius 1 is 1.39 bits per heavy atom. The zero-order valence-electron chi connectivity index (χ0n) is 11.1. The molecule has 0 aromatic carbocycles. The molecule has 0 aliphatic heterocycles. The maximum atomic E-state index is 12.2. The molecule has 1 amide bonds. The Morgan fingerprint density at radius 2 is 1.94 bits per heavy atom. The zero-order chi connectivity index (χ0) is 13.9. The summed E-state index contributed by atoms with van der Waals surface area (Å²) in [6.45, 7) is 5.55. The molecule has 0 fully saturated rings. The van der Waals surface area contributed by atoms with Crippen molar-refractivity contribution in [1.29, 1.82) is 0 Å². The smallest absolute Gasteiger partial charge is 0.340 e. The van der Waals surface area contributed by atoms with Gasteiger partial charge in [-0.2, -0.15) is 4.37 Å². The summed E-state index contributed by atoms with van der Waals surface area (Å²) in [4.78, 5) is 24.8. The Balaban J connectivity index is 3.07. The standard InChI is InChI=1S/C12H18N2O3S/c1-5-8(6-2)10(15)14(4)11-9(12(16)17)7(3)13-18-11/h8H,5-6H2,1-4H3,(H,16,17). The lowest BCUT2D eigenvalue weighted by atomic mass is 10.0. The summed E-state index contributed by atoms with van der Waals surface area (Å²) < 4.78 is 4.02. The number of hydrogen-bond donors (Lipinski definition) is 1. The number of carbonyl (C=O) groups excluding carboxylic acids is 1. The molecule has 1 rings (SSSR count). The van der Waals surface area contributed by atoms with E-state index in [1.54, 1.807) is 14.0 Å². The number of carboxylic acids is 1. The molecule has 0 radical (unpaired) electrons. The maximum Gasteiger partial charge on any atom is 0.340 e. The minimum absolute atomic E-state index is 0.0499. The first kappa shape index (κ1) is 14.6. The predicted molar refractivity (Wildman–Crippen MR) is 71.3 cm³/mol. The molecule has 0 unspecified atom stereocenters. The SMILES string of the molecule is CCC(CC)C(=O)N(C)c1snc(C)c1C(=O)O. The van der Waals surface area contributed by atoms with Crippen LogP contribution in [0.1, 0.15) is 42.7 Å². The molecule has 0 saturated heterocycles. The number of nitrogens with zero attached hydrogens (tertiary/aromatic N) is 2. The molecule has 1 heterocycles. The van der Waals surface area contributed by atoms with Crippen LogP contribution < -0.4 is 4.90 Å². The Kier molecular flexibility index (Phi) is 4.84. The van der Waals surface area contributed by atoms with Crippen molar-refractivity contribution in [2.45, 2.75) is 33.6 Å². The fourth-order valence-electron chi connectivity index (χ4n) is 1.84. The van der Waals surface area contributed by atoms with Crippen LogP contribution in [0, 0.1) is 12.8 Å². The molecule has 5 nitrogen and oxygen atoms in total. The van der Waals surface area contributed by atoms with E-state index in [0.29, 0.717) is 10.7 Å². The number of carboxylic acid groups (broad SMARTS) is 1. The summed E-state index contributed by atoms with van der Waals surface area (Å²) in [5.41, 5.74) is 0.577. The molecular formula is C12H18N2O3S. The highest BCUT2D eigenvalue weighted by Crippen LogP contribution is 2.29. The molecule has 0 spiro atoms. The van der Waals surface area contributed by atoms with Crippen LogP contribution in [0.5, 0.6) is 0 Å². The molecule has 1 aromatic rings. The number of anilines is 1. The second kappa shape index (κ2) is 5.95. The summed E-state index contributed by atoms with van der Waals surface area (Å²) in [5.74, 6) is -1.16. The quantitative estimate of drug-likeness (QED) is 0.892. The van der Waals surface area contributed by atoms with Crippen LogP contribution in [0.3, 0.4) is 0 Å². The van der Waals surface area contributed by atoms with Crippen LogP contribution in [-0.2, 0) is 4.79 Å². The van der Waals surface area contributed by atoms with Crippen molar-refractivity contribution in [3.8, 4) is 0 Å². The first-order valence-corrected chi connectivity index (χ1v) is 6.68. The molecule has 1 aromatic heterocycles. The summed E-state index contributed by atoms with van der Waals surface area (Å²) in [5, 5.41) is 9.56. The van der Waals surface area contributed by atoms with Crippen molar-refractivity contribution < 1.29 is 14.7 Å². The monoisotopic (exact) mass is 270 g/mol. The normalized spacial score (nSPS) is 10.7. The number of aromatic nitrogens is 1. The largest absolute Gasteiger partial charge is 0.478 e. The van der Waals surface area contributed by atoms with Crippen LogP contribution in [0.2, 0.25) is 0 Å². The highest BCUT2D eigenvalue weighted by Gasteiger charge is 2.26. The van der Waals surface area contributed by atoms with Gasteiger partial charge in [0.25, 0.3) is 0 Å². The summed E-state index contributed by atoms with van der Waals surface area (Å²) in [6.07, 6.45) is 1.50. The lowest BCUT2D eigenvalue weighted by molar-refractivity contribution is -0.122. The van der Waals surface area contributed by atoms with Crippen molar-refractivity contribution in [2.75, 3.05) is 11.9 Å². The lowest BCUT2D eigenvalue weighted by Crippen LogP contribution is -2.32. The minimum Gasteiger partial charge on any atom is -0.478 e. The van der Waals surface area contributed by atoms with E-state index < -0.39 is 5.97 Å². The molecule has 18 heavy (non-hydrogen) atoms. The third-order valence-electron chi connectivity index (χ3n) is 3.03. The van der Waals surface area contributed by atoms with Gasteiger partial charge < -0.3 is 10.0 Å². The summed E-state index contributed by atoms with van der Waals surface area (Å²) in [6, 6.07) is 0. The number of hydrogen-bond acceptors (Lipinski definition) is 4. The molecule has 6 heteroatoms. The molecule has 0 saturated carbocycles.